The minimum Gasteiger partial charge on any atom is -0.386 e. The molecule has 0 amide bonds. The monoisotopic (exact) mass is 200 g/mol. The van der Waals surface area contributed by atoms with Crippen LogP contribution in [0.4, 0.5) is 4.39 Å². The van der Waals surface area contributed by atoms with Crippen LogP contribution < -0.4 is 0 Å². The zero-order valence-electron chi connectivity index (χ0n) is 8.83. The normalized spacial score (nSPS) is 11.5. The Balaban J connectivity index is 0.000000791. The molecule has 0 aliphatic rings. The summed E-state index contributed by atoms with van der Waals surface area (Å²) >= 11 is 0. The van der Waals surface area contributed by atoms with Gasteiger partial charge in [-0.1, -0.05) is 26.0 Å². The first-order chi connectivity index (χ1) is 6.74. The molecule has 2 nitrogen and oxygen atoms in total. The Bertz CT molecular complexity index is 234. The Labute approximate surface area is 84.3 Å². The SMILES string of the molecule is CC.COCC(O)c1ccc(F)cc1. The smallest absolute Gasteiger partial charge is 0.123 e. The summed E-state index contributed by atoms with van der Waals surface area (Å²) in [5.74, 6) is -0.302. The van der Waals surface area contributed by atoms with Gasteiger partial charge in [0.2, 0.25) is 0 Å². The molecule has 0 saturated carbocycles. The second-order valence-corrected chi connectivity index (χ2v) is 2.52. The second-order valence-electron chi connectivity index (χ2n) is 2.52. The molecule has 14 heavy (non-hydrogen) atoms. The van der Waals surface area contributed by atoms with Crippen LogP contribution in [0.3, 0.4) is 0 Å². The minimum atomic E-state index is -0.671. The number of hydrogen-bond donors (Lipinski definition) is 1. The molecule has 1 rings (SSSR count). The number of halogens is 1. The standard InChI is InChI=1S/C9H11FO2.C2H6/c1-12-6-9(11)7-2-4-8(10)5-3-7;1-2/h2-5,9,11H,6H2,1H3;1-2H3. The minimum absolute atomic E-state index is 0.228. The predicted octanol–water partition coefficient (Wildman–Crippen LogP) is 2.53. The molecular formula is C11H17FO2. The molecule has 1 N–H and O–H groups in total. The van der Waals surface area contributed by atoms with Gasteiger partial charge in [-0.15, -0.1) is 0 Å². The predicted molar refractivity (Wildman–Crippen MR) is 54.6 cm³/mol. The summed E-state index contributed by atoms with van der Waals surface area (Å²) in [6.45, 7) is 4.23. The van der Waals surface area contributed by atoms with Crippen LogP contribution in [-0.2, 0) is 4.74 Å². The first-order valence-electron chi connectivity index (χ1n) is 4.66. The Morgan fingerprint density at radius 2 is 1.79 bits per heavy atom. The average Bonchev–Trinajstić information content (AvgIpc) is 2.22. The van der Waals surface area contributed by atoms with E-state index in [1.807, 2.05) is 13.8 Å². The van der Waals surface area contributed by atoms with Crippen molar-refractivity contribution >= 4 is 0 Å². The summed E-state index contributed by atoms with van der Waals surface area (Å²) in [7, 11) is 1.51. The third-order valence-corrected chi connectivity index (χ3v) is 1.58. The largest absolute Gasteiger partial charge is 0.386 e. The van der Waals surface area contributed by atoms with Crippen molar-refractivity contribution in [2.45, 2.75) is 20.0 Å². The molecule has 0 heterocycles. The Morgan fingerprint density at radius 1 is 1.29 bits per heavy atom. The highest BCUT2D eigenvalue weighted by Gasteiger charge is 2.05. The Morgan fingerprint density at radius 3 is 2.21 bits per heavy atom. The van der Waals surface area contributed by atoms with E-state index < -0.39 is 6.10 Å². The number of benzene rings is 1. The molecule has 0 bridgehead atoms. The fourth-order valence-electron chi connectivity index (χ4n) is 0.939. The highest BCUT2D eigenvalue weighted by atomic mass is 19.1. The zero-order valence-corrected chi connectivity index (χ0v) is 8.83. The van der Waals surface area contributed by atoms with Gasteiger partial charge in [0.15, 0.2) is 0 Å². The molecule has 1 aromatic rings. The van der Waals surface area contributed by atoms with Crippen LogP contribution in [0.2, 0.25) is 0 Å². The van der Waals surface area contributed by atoms with E-state index in [0.717, 1.165) is 0 Å². The van der Waals surface area contributed by atoms with Gasteiger partial charge in [0.25, 0.3) is 0 Å². The van der Waals surface area contributed by atoms with E-state index in [9.17, 15) is 9.50 Å². The summed E-state index contributed by atoms with van der Waals surface area (Å²) in [5, 5.41) is 9.36. The van der Waals surface area contributed by atoms with Gasteiger partial charge in [0.05, 0.1) is 6.61 Å². The third kappa shape index (κ3) is 4.35. The van der Waals surface area contributed by atoms with Crippen molar-refractivity contribution in [1.82, 2.24) is 0 Å². The van der Waals surface area contributed by atoms with Crippen LogP contribution in [-0.4, -0.2) is 18.8 Å². The molecule has 1 unspecified atom stereocenters. The van der Waals surface area contributed by atoms with Gasteiger partial charge in [-0.3, -0.25) is 0 Å². The summed E-state index contributed by atoms with van der Waals surface area (Å²) in [6.07, 6.45) is -0.671. The number of ether oxygens (including phenoxy) is 1. The third-order valence-electron chi connectivity index (χ3n) is 1.58. The van der Waals surface area contributed by atoms with Gasteiger partial charge >= 0.3 is 0 Å². The Kier molecular flexibility index (Phi) is 6.98. The van der Waals surface area contributed by atoms with E-state index in [2.05, 4.69) is 0 Å². The first kappa shape index (κ1) is 13.1. The Hall–Kier alpha value is -0.930. The molecule has 1 atom stereocenters. The average molecular weight is 200 g/mol. The van der Waals surface area contributed by atoms with Crippen molar-refractivity contribution in [2.24, 2.45) is 0 Å². The van der Waals surface area contributed by atoms with Crippen LogP contribution in [0.1, 0.15) is 25.5 Å². The van der Waals surface area contributed by atoms with E-state index in [1.165, 1.54) is 19.2 Å². The maximum Gasteiger partial charge on any atom is 0.123 e. The topological polar surface area (TPSA) is 29.5 Å². The van der Waals surface area contributed by atoms with Crippen molar-refractivity contribution in [1.29, 1.82) is 0 Å². The first-order valence-corrected chi connectivity index (χ1v) is 4.66. The number of aliphatic hydroxyl groups excluding tert-OH is 1. The highest BCUT2D eigenvalue weighted by Crippen LogP contribution is 2.12. The van der Waals surface area contributed by atoms with E-state index >= 15 is 0 Å². The highest BCUT2D eigenvalue weighted by molar-refractivity contribution is 5.18. The van der Waals surface area contributed by atoms with Crippen LogP contribution in [0.15, 0.2) is 24.3 Å². The van der Waals surface area contributed by atoms with E-state index in [-0.39, 0.29) is 12.4 Å². The van der Waals surface area contributed by atoms with Crippen molar-refractivity contribution < 1.29 is 14.2 Å². The molecule has 80 valence electrons. The molecule has 0 aliphatic heterocycles. The molecule has 0 aromatic heterocycles. The fraction of sp³-hybridized carbons (Fsp3) is 0.455. The van der Waals surface area contributed by atoms with Gasteiger partial charge in [-0.05, 0) is 17.7 Å². The van der Waals surface area contributed by atoms with Crippen LogP contribution in [0.25, 0.3) is 0 Å². The van der Waals surface area contributed by atoms with E-state index in [1.54, 1.807) is 12.1 Å². The molecule has 0 radical (unpaired) electrons. The summed E-state index contributed by atoms with van der Waals surface area (Å²) in [5.41, 5.74) is 0.665. The van der Waals surface area contributed by atoms with Gasteiger partial charge in [-0.2, -0.15) is 0 Å². The lowest BCUT2D eigenvalue weighted by Gasteiger charge is -2.08. The van der Waals surface area contributed by atoms with Gasteiger partial charge < -0.3 is 9.84 Å². The molecule has 0 spiro atoms. The lowest BCUT2D eigenvalue weighted by atomic mass is 10.1. The number of aliphatic hydroxyl groups is 1. The summed E-state index contributed by atoms with van der Waals surface area (Å²) in [6, 6.07) is 5.71. The maximum atomic E-state index is 12.4. The number of hydrogen-bond acceptors (Lipinski definition) is 2. The van der Waals surface area contributed by atoms with Crippen molar-refractivity contribution in [2.75, 3.05) is 13.7 Å². The summed E-state index contributed by atoms with van der Waals surface area (Å²) in [4.78, 5) is 0. The van der Waals surface area contributed by atoms with E-state index in [4.69, 9.17) is 4.74 Å². The maximum absolute atomic E-state index is 12.4. The van der Waals surface area contributed by atoms with Crippen LogP contribution in [0.5, 0.6) is 0 Å². The summed E-state index contributed by atoms with van der Waals surface area (Å²) < 4.78 is 17.2. The van der Waals surface area contributed by atoms with Gasteiger partial charge in [0.1, 0.15) is 11.9 Å². The van der Waals surface area contributed by atoms with E-state index in [0.29, 0.717) is 5.56 Å². The molecule has 1 aromatic carbocycles. The molecular weight excluding hydrogens is 183 g/mol. The molecule has 0 saturated heterocycles. The fourth-order valence-corrected chi connectivity index (χ4v) is 0.939. The zero-order chi connectivity index (χ0) is 11.0. The quantitative estimate of drug-likeness (QED) is 0.812. The lowest BCUT2D eigenvalue weighted by molar-refractivity contribution is 0.0643. The van der Waals surface area contributed by atoms with Crippen LogP contribution in [0, 0.1) is 5.82 Å². The van der Waals surface area contributed by atoms with Crippen molar-refractivity contribution in [3.05, 3.63) is 35.6 Å². The van der Waals surface area contributed by atoms with Gasteiger partial charge in [-0.25, -0.2) is 4.39 Å². The number of methoxy groups -OCH3 is 1. The van der Waals surface area contributed by atoms with Crippen molar-refractivity contribution in [3.8, 4) is 0 Å². The van der Waals surface area contributed by atoms with Gasteiger partial charge in [0, 0.05) is 7.11 Å². The molecule has 0 fully saturated rings. The van der Waals surface area contributed by atoms with Crippen LogP contribution >= 0.6 is 0 Å². The lowest BCUT2D eigenvalue weighted by Crippen LogP contribution is -2.04. The van der Waals surface area contributed by atoms with Crippen molar-refractivity contribution in [3.63, 3.8) is 0 Å². The molecule has 0 aliphatic carbocycles. The molecule has 3 heteroatoms. The number of rotatable bonds is 3. The second kappa shape index (κ2) is 7.47.